The molecule has 1 aromatic rings. The summed E-state index contributed by atoms with van der Waals surface area (Å²) >= 11 is 0. The van der Waals surface area contributed by atoms with Gasteiger partial charge in [0.1, 0.15) is 17.6 Å². The van der Waals surface area contributed by atoms with Crippen LogP contribution >= 0.6 is 24.0 Å². The monoisotopic (exact) mass is 517 g/mol. The average Bonchev–Trinajstić information content (AvgIpc) is 3.06. The van der Waals surface area contributed by atoms with Gasteiger partial charge in [0.05, 0.1) is 6.61 Å². The fourth-order valence-corrected chi connectivity index (χ4v) is 3.99. The van der Waals surface area contributed by atoms with Crippen molar-refractivity contribution in [3.05, 3.63) is 23.3 Å². The number of ether oxygens (including phenoxy) is 3. The van der Waals surface area contributed by atoms with Gasteiger partial charge in [0.15, 0.2) is 5.96 Å². The number of benzene rings is 1. The lowest BCUT2D eigenvalue weighted by Crippen LogP contribution is -2.39. The van der Waals surface area contributed by atoms with Gasteiger partial charge < -0.3 is 24.4 Å². The molecule has 164 valence electrons. The molecule has 0 aliphatic carbocycles. The molecule has 0 aromatic heterocycles. The Morgan fingerprint density at radius 2 is 2.07 bits per heavy atom. The SMILES string of the molecule is CCOc1cc2c(cc1CNC(=NC)N(C)CCC1CCOCC1)OC(C)C2.I. The van der Waals surface area contributed by atoms with E-state index in [0.717, 1.165) is 55.1 Å². The molecular formula is C22H36IN3O3. The van der Waals surface area contributed by atoms with E-state index in [1.54, 1.807) is 0 Å². The zero-order valence-electron chi connectivity index (χ0n) is 18.2. The standard InChI is InChI=1S/C22H35N3O3.HI/c1-5-27-20-13-18-12-16(2)28-21(18)14-19(20)15-24-22(23-3)25(4)9-6-17-7-10-26-11-8-17;/h13-14,16-17H,5-12,15H2,1-4H3,(H,23,24);1H. The van der Waals surface area contributed by atoms with Crippen molar-refractivity contribution in [3.63, 3.8) is 0 Å². The van der Waals surface area contributed by atoms with Crippen LogP contribution in [0.4, 0.5) is 0 Å². The van der Waals surface area contributed by atoms with Gasteiger partial charge in [-0.1, -0.05) is 0 Å². The number of nitrogens with zero attached hydrogens (tertiary/aromatic N) is 2. The van der Waals surface area contributed by atoms with Crippen LogP contribution in [0.3, 0.4) is 0 Å². The minimum Gasteiger partial charge on any atom is -0.494 e. The fourth-order valence-electron chi connectivity index (χ4n) is 3.99. The van der Waals surface area contributed by atoms with Gasteiger partial charge in [-0.05, 0) is 51.2 Å². The third-order valence-corrected chi connectivity index (χ3v) is 5.60. The number of hydrogen-bond donors (Lipinski definition) is 1. The summed E-state index contributed by atoms with van der Waals surface area (Å²) in [6, 6.07) is 4.25. The summed E-state index contributed by atoms with van der Waals surface area (Å²) in [5.41, 5.74) is 2.34. The van der Waals surface area contributed by atoms with Crippen LogP contribution in [-0.4, -0.2) is 57.4 Å². The summed E-state index contributed by atoms with van der Waals surface area (Å²) in [6.07, 6.45) is 4.70. The largest absolute Gasteiger partial charge is 0.494 e. The Labute approximate surface area is 192 Å². The second-order valence-corrected chi connectivity index (χ2v) is 7.80. The van der Waals surface area contributed by atoms with E-state index < -0.39 is 0 Å². The predicted molar refractivity (Wildman–Crippen MR) is 128 cm³/mol. The second kappa shape index (κ2) is 11.8. The van der Waals surface area contributed by atoms with Crippen LogP contribution in [-0.2, 0) is 17.7 Å². The van der Waals surface area contributed by atoms with Crippen molar-refractivity contribution >= 4 is 29.9 Å². The first-order valence-corrected chi connectivity index (χ1v) is 10.6. The highest BCUT2D eigenvalue weighted by atomic mass is 127. The first-order valence-electron chi connectivity index (χ1n) is 10.6. The molecule has 6 nitrogen and oxygen atoms in total. The summed E-state index contributed by atoms with van der Waals surface area (Å²) in [7, 11) is 3.94. The molecular weight excluding hydrogens is 481 g/mol. The Hall–Kier alpha value is -1.22. The Kier molecular flexibility index (Phi) is 9.82. The molecule has 1 N–H and O–H groups in total. The zero-order valence-corrected chi connectivity index (χ0v) is 20.5. The van der Waals surface area contributed by atoms with Gasteiger partial charge >= 0.3 is 0 Å². The molecule has 0 saturated carbocycles. The lowest BCUT2D eigenvalue weighted by molar-refractivity contribution is 0.0625. The third-order valence-electron chi connectivity index (χ3n) is 5.60. The van der Waals surface area contributed by atoms with Crippen molar-refractivity contribution in [1.29, 1.82) is 0 Å². The Morgan fingerprint density at radius 1 is 1.31 bits per heavy atom. The minimum absolute atomic E-state index is 0. The van der Waals surface area contributed by atoms with E-state index in [1.165, 1.54) is 24.8 Å². The molecule has 1 aromatic carbocycles. The minimum atomic E-state index is 0. The number of fused-ring (bicyclic) bond motifs is 1. The average molecular weight is 517 g/mol. The van der Waals surface area contributed by atoms with Crippen LogP contribution < -0.4 is 14.8 Å². The second-order valence-electron chi connectivity index (χ2n) is 7.80. The highest BCUT2D eigenvalue weighted by Crippen LogP contribution is 2.35. The van der Waals surface area contributed by atoms with E-state index in [4.69, 9.17) is 14.2 Å². The normalized spacial score (nSPS) is 19.2. The number of guanidine groups is 1. The van der Waals surface area contributed by atoms with E-state index in [2.05, 4.69) is 41.3 Å². The maximum Gasteiger partial charge on any atom is 0.193 e. The van der Waals surface area contributed by atoms with Crippen molar-refractivity contribution < 1.29 is 14.2 Å². The Bertz CT molecular complexity index is 678. The lowest BCUT2D eigenvalue weighted by Gasteiger charge is -2.27. The van der Waals surface area contributed by atoms with Crippen molar-refractivity contribution in [1.82, 2.24) is 10.2 Å². The molecule has 0 amide bonds. The van der Waals surface area contributed by atoms with E-state index in [9.17, 15) is 0 Å². The number of hydrogen-bond acceptors (Lipinski definition) is 4. The van der Waals surface area contributed by atoms with Crippen LogP contribution in [0.15, 0.2) is 17.1 Å². The summed E-state index contributed by atoms with van der Waals surface area (Å²) in [5, 5.41) is 3.49. The molecule has 1 saturated heterocycles. The maximum atomic E-state index is 5.93. The summed E-state index contributed by atoms with van der Waals surface area (Å²) in [5.74, 6) is 3.58. The van der Waals surface area contributed by atoms with E-state index in [0.29, 0.717) is 13.2 Å². The number of nitrogens with one attached hydrogen (secondary N) is 1. The van der Waals surface area contributed by atoms with Gasteiger partial charge in [0, 0.05) is 57.9 Å². The zero-order chi connectivity index (χ0) is 19.9. The molecule has 1 fully saturated rings. The van der Waals surface area contributed by atoms with Crippen molar-refractivity contribution in [2.75, 3.05) is 40.5 Å². The molecule has 2 heterocycles. The first-order chi connectivity index (χ1) is 13.6. The molecule has 29 heavy (non-hydrogen) atoms. The smallest absolute Gasteiger partial charge is 0.193 e. The first kappa shape index (κ1) is 24.1. The molecule has 2 aliphatic rings. The van der Waals surface area contributed by atoms with E-state index in [-0.39, 0.29) is 30.1 Å². The van der Waals surface area contributed by atoms with Crippen molar-refractivity contribution in [2.24, 2.45) is 10.9 Å². The van der Waals surface area contributed by atoms with Crippen LogP contribution in [0.1, 0.15) is 44.2 Å². The van der Waals surface area contributed by atoms with Gasteiger partial charge in [-0.2, -0.15) is 0 Å². The number of halogens is 1. The Balaban J connectivity index is 0.00000300. The quantitative estimate of drug-likeness (QED) is 0.339. The van der Waals surface area contributed by atoms with E-state index >= 15 is 0 Å². The van der Waals surface area contributed by atoms with Gasteiger partial charge in [-0.3, -0.25) is 4.99 Å². The van der Waals surface area contributed by atoms with Gasteiger partial charge in [0.25, 0.3) is 0 Å². The topological polar surface area (TPSA) is 55.3 Å². The molecule has 0 radical (unpaired) electrons. The maximum absolute atomic E-state index is 5.93. The van der Waals surface area contributed by atoms with Crippen molar-refractivity contribution in [3.8, 4) is 11.5 Å². The lowest BCUT2D eigenvalue weighted by atomic mass is 9.96. The van der Waals surface area contributed by atoms with Crippen LogP contribution in [0.5, 0.6) is 11.5 Å². The summed E-state index contributed by atoms with van der Waals surface area (Å²) in [4.78, 5) is 6.67. The fraction of sp³-hybridized carbons (Fsp3) is 0.682. The summed E-state index contributed by atoms with van der Waals surface area (Å²) in [6.45, 7) is 8.24. The molecule has 1 unspecified atom stereocenters. The highest BCUT2D eigenvalue weighted by Gasteiger charge is 2.22. The van der Waals surface area contributed by atoms with Crippen LogP contribution in [0, 0.1) is 5.92 Å². The summed E-state index contributed by atoms with van der Waals surface area (Å²) < 4.78 is 17.3. The van der Waals surface area contributed by atoms with Gasteiger partial charge in [-0.15, -0.1) is 24.0 Å². The highest BCUT2D eigenvalue weighted by molar-refractivity contribution is 14.0. The molecule has 0 bridgehead atoms. The molecule has 2 aliphatic heterocycles. The third kappa shape index (κ3) is 6.64. The Morgan fingerprint density at radius 3 is 2.76 bits per heavy atom. The molecule has 3 rings (SSSR count). The predicted octanol–water partition coefficient (Wildman–Crippen LogP) is 3.85. The van der Waals surface area contributed by atoms with Crippen LogP contribution in [0.2, 0.25) is 0 Å². The number of rotatable bonds is 7. The van der Waals surface area contributed by atoms with Gasteiger partial charge in [0.2, 0.25) is 0 Å². The molecule has 1 atom stereocenters. The van der Waals surface area contributed by atoms with Gasteiger partial charge in [-0.25, -0.2) is 0 Å². The number of aliphatic imine (C=N–C) groups is 1. The molecule has 0 spiro atoms. The van der Waals surface area contributed by atoms with E-state index in [1.807, 2.05) is 14.0 Å². The molecule has 7 heteroatoms. The van der Waals surface area contributed by atoms with Crippen LogP contribution in [0.25, 0.3) is 0 Å². The van der Waals surface area contributed by atoms with Crippen molar-refractivity contribution in [2.45, 2.75) is 52.2 Å².